The van der Waals surface area contributed by atoms with Gasteiger partial charge in [0.05, 0.1) is 32.0 Å². The maximum absolute atomic E-state index is 12.3. The number of hydrogen-bond donors (Lipinski definition) is 4. The number of hydrogen-bond acceptors (Lipinski definition) is 8. The summed E-state index contributed by atoms with van der Waals surface area (Å²) in [6, 6.07) is 15.3. The molecule has 0 spiro atoms. The molecule has 0 aromatic heterocycles. The lowest BCUT2D eigenvalue weighted by Crippen LogP contribution is -2.44. The van der Waals surface area contributed by atoms with E-state index in [-0.39, 0.29) is 37.6 Å². The highest BCUT2D eigenvalue weighted by Gasteiger charge is 2.33. The van der Waals surface area contributed by atoms with E-state index in [0.717, 1.165) is 56.0 Å². The van der Waals surface area contributed by atoms with E-state index in [4.69, 9.17) is 19.4 Å². The Labute approximate surface area is 222 Å². The minimum Gasteiger partial charge on any atom is -0.392 e. The Hall–Kier alpha value is -2.86. The fourth-order valence-corrected chi connectivity index (χ4v) is 4.68. The first kappa shape index (κ1) is 28.2. The third kappa shape index (κ3) is 8.32. The molecular formula is C28H37N3O7. The molecule has 206 valence electrons. The maximum atomic E-state index is 12.3. The summed E-state index contributed by atoms with van der Waals surface area (Å²) < 4.78 is 18.3. The molecule has 0 saturated carbocycles. The number of hydroxylamine groups is 1. The van der Waals surface area contributed by atoms with Crippen LogP contribution in [0.15, 0.2) is 48.5 Å². The van der Waals surface area contributed by atoms with Crippen LogP contribution in [0.4, 0.5) is 5.69 Å². The summed E-state index contributed by atoms with van der Waals surface area (Å²) in [5.74, 6) is -0.589. The van der Waals surface area contributed by atoms with Crippen LogP contribution >= 0.6 is 0 Å². The molecule has 2 fully saturated rings. The van der Waals surface area contributed by atoms with E-state index in [1.165, 1.54) is 0 Å². The zero-order valence-electron chi connectivity index (χ0n) is 21.5. The van der Waals surface area contributed by atoms with Crippen molar-refractivity contribution in [2.45, 2.75) is 57.2 Å². The Kier molecular flexibility index (Phi) is 10.6. The first-order valence-corrected chi connectivity index (χ1v) is 13.2. The van der Waals surface area contributed by atoms with Crippen LogP contribution in [0.2, 0.25) is 0 Å². The average molecular weight is 528 g/mol. The van der Waals surface area contributed by atoms with Crippen molar-refractivity contribution in [3.05, 3.63) is 65.2 Å². The Morgan fingerprint density at radius 2 is 1.55 bits per heavy atom. The van der Waals surface area contributed by atoms with Gasteiger partial charge in [-0.25, -0.2) is 5.48 Å². The molecule has 0 aliphatic carbocycles. The van der Waals surface area contributed by atoms with Crippen LogP contribution in [0.25, 0.3) is 0 Å². The number of aliphatic hydroxyl groups excluding tert-OH is 1. The predicted molar refractivity (Wildman–Crippen MR) is 139 cm³/mol. The second kappa shape index (κ2) is 14.3. The minimum absolute atomic E-state index is 0.000944. The van der Waals surface area contributed by atoms with Gasteiger partial charge < -0.3 is 24.6 Å². The Balaban J connectivity index is 1.38. The number of nitrogens with one attached hydrogen (secondary N) is 2. The van der Waals surface area contributed by atoms with E-state index >= 15 is 0 Å². The molecule has 4 N–H and O–H groups in total. The largest absolute Gasteiger partial charge is 0.392 e. The second-order valence-electron chi connectivity index (χ2n) is 9.68. The van der Waals surface area contributed by atoms with Crippen molar-refractivity contribution in [2.75, 3.05) is 38.2 Å². The molecular weight excluding hydrogens is 490 g/mol. The molecule has 2 aliphatic heterocycles. The normalized spacial score (nSPS) is 22.1. The van der Waals surface area contributed by atoms with Crippen molar-refractivity contribution < 1.29 is 34.1 Å². The molecule has 2 amide bonds. The molecule has 0 unspecified atom stereocenters. The summed E-state index contributed by atoms with van der Waals surface area (Å²) >= 11 is 0. The van der Waals surface area contributed by atoms with Crippen LogP contribution < -0.4 is 10.8 Å². The molecule has 2 aliphatic rings. The lowest BCUT2D eigenvalue weighted by Gasteiger charge is -2.39. The fraction of sp³-hybridized carbons (Fsp3) is 0.500. The van der Waals surface area contributed by atoms with E-state index in [1.54, 1.807) is 5.48 Å². The smallest absolute Gasteiger partial charge is 0.243 e. The van der Waals surface area contributed by atoms with Crippen LogP contribution in [0.5, 0.6) is 0 Å². The highest BCUT2D eigenvalue weighted by molar-refractivity contribution is 5.90. The lowest BCUT2D eigenvalue weighted by molar-refractivity contribution is -0.253. The van der Waals surface area contributed by atoms with E-state index in [9.17, 15) is 14.7 Å². The Bertz CT molecular complexity index is 1030. The number of rotatable bonds is 11. The summed E-state index contributed by atoms with van der Waals surface area (Å²) in [7, 11) is 0. The number of ether oxygens (including phenoxy) is 3. The second-order valence-corrected chi connectivity index (χ2v) is 9.68. The van der Waals surface area contributed by atoms with Crippen molar-refractivity contribution in [1.29, 1.82) is 0 Å². The number of anilines is 1. The SMILES string of the molecule is O=C(CCCCC(=O)Nc1ccc([C@H]2O[C@@H](CN3CCOCC3)C[C@@H](c3ccc(CO)cc3)O2)cc1)NO. The molecule has 2 aromatic rings. The minimum atomic E-state index is -0.556. The summed E-state index contributed by atoms with van der Waals surface area (Å²) in [4.78, 5) is 25.7. The number of carbonyl (C=O) groups excluding carboxylic acids is 2. The van der Waals surface area contributed by atoms with Gasteiger partial charge in [0.2, 0.25) is 11.8 Å². The maximum Gasteiger partial charge on any atom is 0.243 e. The molecule has 0 radical (unpaired) electrons. The van der Waals surface area contributed by atoms with Gasteiger partial charge in [0, 0.05) is 50.1 Å². The third-order valence-electron chi connectivity index (χ3n) is 6.83. The average Bonchev–Trinajstić information content (AvgIpc) is 2.96. The number of morpholine rings is 1. The highest BCUT2D eigenvalue weighted by Crippen LogP contribution is 2.38. The van der Waals surface area contributed by atoms with E-state index in [0.29, 0.717) is 18.5 Å². The molecule has 2 heterocycles. The van der Waals surface area contributed by atoms with Gasteiger partial charge in [-0.05, 0) is 36.1 Å². The number of aliphatic hydroxyl groups is 1. The van der Waals surface area contributed by atoms with Gasteiger partial charge in [-0.15, -0.1) is 0 Å². The van der Waals surface area contributed by atoms with E-state index in [1.807, 2.05) is 48.5 Å². The summed E-state index contributed by atoms with van der Waals surface area (Å²) in [5.41, 5.74) is 5.02. The Morgan fingerprint density at radius 1 is 0.895 bits per heavy atom. The van der Waals surface area contributed by atoms with Crippen LogP contribution in [-0.4, -0.2) is 66.0 Å². The first-order valence-electron chi connectivity index (χ1n) is 13.2. The lowest BCUT2D eigenvalue weighted by atomic mass is 9.99. The van der Waals surface area contributed by atoms with Crippen LogP contribution in [0.3, 0.4) is 0 Å². The zero-order chi connectivity index (χ0) is 26.7. The van der Waals surface area contributed by atoms with Crippen molar-refractivity contribution in [3.8, 4) is 0 Å². The summed E-state index contributed by atoms with van der Waals surface area (Å²) in [5, 5.41) is 20.8. The van der Waals surface area contributed by atoms with Crippen molar-refractivity contribution >= 4 is 17.5 Å². The molecule has 10 heteroatoms. The van der Waals surface area contributed by atoms with Gasteiger partial charge in [-0.1, -0.05) is 36.4 Å². The summed E-state index contributed by atoms with van der Waals surface area (Å²) in [6.07, 6.45) is 1.52. The number of benzene rings is 2. The Morgan fingerprint density at radius 3 is 2.21 bits per heavy atom. The molecule has 4 rings (SSSR count). The summed E-state index contributed by atoms with van der Waals surface area (Å²) in [6.45, 7) is 4.01. The quantitative estimate of drug-likeness (QED) is 0.199. The van der Waals surface area contributed by atoms with Crippen LogP contribution in [0, 0.1) is 0 Å². The molecule has 3 atom stereocenters. The standard InChI is InChI=1S/C28H37N3O7/c32-19-20-5-7-21(8-6-20)25-17-24(18-31-13-15-36-16-14-31)37-28(38-25)22-9-11-23(12-10-22)29-26(33)3-1-2-4-27(34)30-35/h5-12,24-25,28,32,35H,1-4,13-19H2,(H,29,33)(H,30,34)/t24-,25+,28+/m1/s1. The van der Waals surface area contributed by atoms with Gasteiger partial charge in [-0.3, -0.25) is 19.7 Å². The molecule has 10 nitrogen and oxygen atoms in total. The number of nitrogens with zero attached hydrogens (tertiary/aromatic N) is 1. The first-order chi connectivity index (χ1) is 18.5. The molecule has 0 bridgehead atoms. The monoisotopic (exact) mass is 527 g/mol. The predicted octanol–water partition coefficient (Wildman–Crippen LogP) is 3.06. The van der Waals surface area contributed by atoms with Gasteiger partial charge >= 0.3 is 0 Å². The number of unbranched alkanes of at least 4 members (excludes halogenated alkanes) is 1. The van der Waals surface area contributed by atoms with Gasteiger partial charge in [0.15, 0.2) is 6.29 Å². The van der Waals surface area contributed by atoms with Crippen LogP contribution in [0.1, 0.15) is 61.2 Å². The topological polar surface area (TPSA) is 130 Å². The van der Waals surface area contributed by atoms with Crippen molar-refractivity contribution in [1.82, 2.24) is 10.4 Å². The van der Waals surface area contributed by atoms with Gasteiger partial charge in [0.25, 0.3) is 0 Å². The van der Waals surface area contributed by atoms with Gasteiger partial charge in [-0.2, -0.15) is 0 Å². The van der Waals surface area contributed by atoms with Crippen LogP contribution in [-0.2, 0) is 30.4 Å². The molecule has 2 saturated heterocycles. The fourth-order valence-electron chi connectivity index (χ4n) is 4.68. The highest BCUT2D eigenvalue weighted by atomic mass is 16.7. The van der Waals surface area contributed by atoms with Crippen molar-refractivity contribution in [2.24, 2.45) is 0 Å². The molecule has 2 aromatic carbocycles. The van der Waals surface area contributed by atoms with E-state index < -0.39 is 12.2 Å². The van der Waals surface area contributed by atoms with Gasteiger partial charge in [0.1, 0.15) is 0 Å². The third-order valence-corrected chi connectivity index (χ3v) is 6.83. The number of amides is 2. The van der Waals surface area contributed by atoms with Crippen molar-refractivity contribution in [3.63, 3.8) is 0 Å². The molecule has 38 heavy (non-hydrogen) atoms. The number of carbonyl (C=O) groups is 2. The van der Waals surface area contributed by atoms with E-state index in [2.05, 4.69) is 10.2 Å². The zero-order valence-corrected chi connectivity index (χ0v) is 21.5.